The minimum atomic E-state index is 0.762. The number of rotatable bonds is 10. The lowest BCUT2D eigenvalue weighted by Gasteiger charge is -2.22. The van der Waals surface area contributed by atoms with Gasteiger partial charge in [-0.2, -0.15) is 0 Å². The van der Waals surface area contributed by atoms with Gasteiger partial charge >= 0.3 is 0 Å². The first-order valence-corrected chi connectivity index (χ1v) is 9.35. The molecule has 0 unspecified atom stereocenters. The number of nitrogens with one attached hydrogen (secondary N) is 1. The zero-order valence-corrected chi connectivity index (χ0v) is 15.5. The molecule has 0 spiro atoms. The Morgan fingerprint density at radius 1 is 1.14 bits per heavy atom. The maximum atomic E-state index is 2.55. The second kappa shape index (κ2) is 11.9. The van der Waals surface area contributed by atoms with Crippen molar-refractivity contribution in [2.24, 2.45) is 0 Å². The second-order valence-electron chi connectivity index (χ2n) is 7.32. The van der Waals surface area contributed by atoms with Gasteiger partial charge in [0, 0.05) is 6.42 Å². The molecule has 1 aliphatic heterocycles. The summed E-state index contributed by atoms with van der Waals surface area (Å²) in [5, 5.41) is 5.00. The SMILES string of the molecule is CC(C)=CCC/C(C)=C/CC[C@H](C)[NH2+]CC[NH+]1CC[NH2+]CC1. The largest absolute Gasteiger partial charge is 0.339 e. The highest BCUT2D eigenvalue weighted by atomic mass is 15.2. The molecule has 1 aliphatic rings. The number of nitrogens with two attached hydrogens (primary N) is 2. The Hall–Kier alpha value is -0.640. The Labute approximate surface area is 138 Å². The van der Waals surface area contributed by atoms with Gasteiger partial charge in [-0.25, -0.2) is 0 Å². The lowest BCUT2D eigenvalue weighted by atomic mass is 10.1. The molecule has 128 valence electrons. The van der Waals surface area contributed by atoms with Gasteiger partial charge in [0.1, 0.15) is 39.3 Å². The molecule has 0 aromatic rings. The quantitative estimate of drug-likeness (QED) is 0.471. The topological polar surface area (TPSA) is 37.7 Å². The molecule has 0 aliphatic carbocycles. The number of hydrogen-bond donors (Lipinski definition) is 3. The molecule has 3 heteroatoms. The Morgan fingerprint density at radius 3 is 2.55 bits per heavy atom. The van der Waals surface area contributed by atoms with Crippen LogP contribution in [0.5, 0.6) is 0 Å². The smallest absolute Gasteiger partial charge is 0.127 e. The van der Waals surface area contributed by atoms with Gasteiger partial charge in [-0.05, 0) is 47.0 Å². The Balaban J connectivity index is 2.04. The standard InChI is InChI=1S/C19H37N3/c1-17(2)7-5-8-18(3)9-6-10-19(4)21-13-16-22-14-11-20-12-15-22/h7,9,19-21H,5-6,8,10-16H2,1-4H3/p+3/b18-9+/t19-/m0/s1. The van der Waals surface area contributed by atoms with Gasteiger partial charge in [-0.15, -0.1) is 0 Å². The molecule has 0 aromatic heterocycles. The highest BCUT2D eigenvalue weighted by Crippen LogP contribution is 2.08. The molecule has 1 rings (SSSR count). The summed E-state index contributed by atoms with van der Waals surface area (Å²) in [5.41, 5.74) is 2.99. The number of piperazine rings is 1. The number of allylic oxidation sites excluding steroid dienone is 4. The van der Waals surface area contributed by atoms with E-state index in [0.29, 0.717) is 0 Å². The van der Waals surface area contributed by atoms with E-state index in [9.17, 15) is 0 Å². The fourth-order valence-electron chi connectivity index (χ4n) is 3.10. The Kier molecular flexibility index (Phi) is 10.5. The van der Waals surface area contributed by atoms with Gasteiger partial charge in [0.25, 0.3) is 0 Å². The van der Waals surface area contributed by atoms with Crippen LogP contribution >= 0.6 is 0 Å². The van der Waals surface area contributed by atoms with Crippen LogP contribution in [0.4, 0.5) is 0 Å². The van der Waals surface area contributed by atoms with E-state index in [-0.39, 0.29) is 0 Å². The van der Waals surface area contributed by atoms with Crippen molar-refractivity contribution in [2.45, 2.75) is 59.4 Å². The van der Waals surface area contributed by atoms with Crippen molar-refractivity contribution in [1.82, 2.24) is 0 Å². The van der Waals surface area contributed by atoms with Crippen LogP contribution in [0.1, 0.15) is 53.4 Å². The molecule has 5 N–H and O–H groups in total. The lowest BCUT2D eigenvalue weighted by Crippen LogP contribution is -3.22. The van der Waals surface area contributed by atoms with Crippen LogP contribution in [-0.2, 0) is 0 Å². The zero-order valence-electron chi connectivity index (χ0n) is 15.5. The maximum Gasteiger partial charge on any atom is 0.127 e. The first-order valence-electron chi connectivity index (χ1n) is 9.35. The lowest BCUT2D eigenvalue weighted by molar-refractivity contribution is -0.955. The van der Waals surface area contributed by atoms with E-state index < -0.39 is 0 Å². The van der Waals surface area contributed by atoms with Gasteiger partial charge in [-0.1, -0.05) is 23.3 Å². The van der Waals surface area contributed by atoms with Crippen molar-refractivity contribution >= 4 is 0 Å². The van der Waals surface area contributed by atoms with E-state index in [1.807, 2.05) is 0 Å². The first-order chi connectivity index (χ1) is 10.6. The molecule has 0 amide bonds. The second-order valence-corrected chi connectivity index (χ2v) is 7.32. The number of hydrogen-bond acceptors (Lipinski definition) is 0. The summed E-state index contributed by atoms with van der Waals surface area (Å²) < 4.78 is 0. The molecule has 0 aromatic carbocycles. The van der Waals surface area contributed by atoms with Crippen molar-refractivity contribution < 1.29 is 15.5 Å². The highest BCUT2D eigenvalue weighted by Gasteiger charge is 2.15. The van der Waals surface area contributed by atoms with Crippen molar-refractivity contribution in [1.29, 1.82) is 0 Å². The van der Waals surface area contributed by atoms with Gasteiger partial charge in [0.15, 0.2) is 0 Å². The van der Waals surface area contributed by atoms with Crippen LogP contribution in [0.15, 0.2) is 23.3 Å². The molecule has 0 bridgehead atoms. The summed E-state index contributed by atoms with van der Waals surface area (Å²) in [5.74, 6) is 0. The van der Waals surface area contributed by atoms with Crippen LogP contribution in [0, 0.1) is 0 Å². The van der Waals surface area contributed by atoms with E-state index in [2.05, 4.69) is 50.5 Å². The highest BCUT2D eigenvalue weighted by molar-refractivity contribution is 5.02. The summed E-state index contributed by atoms with van der Waals surface area (Å²) in [4.78, 5) is 1.81. The van der Waals surface area contributed by atoms with Crippen molar-refractivity contribution in [3.8, 4) is 0 Å². The summed E-state index contributed by atoms with van der Waals surface area (Å²) in [6, 6.07) is 0.762. The molecule has 22 heavy (non-hydrogen) atoms. The first kappa shape index (κ1) is 19.4. The third-order valence-corrected chi connectivity index (χ3v) is 4.68. The van der Waals surface area contributed by atoms with Gasteiger partial charge in [0.05, 0.1) is 6.04 Å². The van der Waals surface area contributed by atoms with Crippen molar-refractivity contribution in [2.75, 3.05) is 39.3 Å². The molecular formula is C19H40N3+3. The molecule has 1 fully saturated rings. The van der Waals surface area contributed by atoms with Crippen molar-refractivity contribution in [3.63, 3.8) is 0 Å². The summed E-state index contributed by atoms with van der Waals surface area (Å²) in [6.07, 6.45) is 9.76. The van der Waals surface area contributed by atoms with Crippen LogP contribution in [0.3, 0.4) is 0 Å². The van der Waals surface area contributed by atoms with E-state index in [4.69, 9.17) is 0 Å². The predicted octanol–water partition coefficient (Wildman–Crippen LogP) is -0.127. The van der Waals surface area contributed by atoms with Crippen LogP contribution in [-0.4, -0.2) is 45.3 Å². The molecule has 1 atom stereocenters. The number of quaternary nitrogens is 3. The van der Waals surface area contributed by atoms with Crippen molar-refractivity contribution in [3.05, 3.63) is 23.3 Å². The fourth-order valence-corrected chi connectivity index (χ4v) is 3.10. The third kappa shape index (κ3) is 10.1. The summed E-state index contributed by atoms with van der Waals surface area (Å²) in [7, 11) is 0. The molecule has 3 nitrogen and oxygen atoms in total. The van der Waals surface area contributed by atoms with Crippen LogP contribution in [0.25, 0.3) is 0 Å². The predicted molar refractivity (Wildman–Crippen MR) is 95.1 cm³/mol. The van der Waals surface area contributed by atoms with Crippen LogP contribution in [0.2, 0.25) is 0 Å². The van der Waals surface area contributed by atoms with Gasteiger partial charge in [-0.3, -0.25) is 0 Å². The maximum absolute atomic E-state index is 2.55. The summed E-state index contributed by atoms with van der Waals surface area (Å²) in [6.45, 7) is 17.0. The molecular weight excluding hydrogens is 270 g/mol. The van der Waals surface area contributed by atoms with E-state index in [1.165, 1.54) is 70.5 Å². The zero-order chi connectivity index (χ0) is 16.2. The molecule has 1 saturated heterocycles. The molecule has 0 radical (unpaired) electrons. The average Bonchev–Trinajstić information content (AvgIpc) is 2.48. The third-order valence-electron chi connectivity index (χ3n) is 4.68. The van der Waals surface area contributed by atoms with Gasteiger partial charge in [0.2, 0.25) is 0 Å². The van der Waals surface area contributed by atoms with Gasteiger partial charge < -0.3 is 15.5 Å². The monoisotopic (exact) mass is 310 g/mol. The average molecular weight is 311 g/mol. The molecule has 0 saturated carbocycles. The van der Waals surface area contributed by atoms with E-state index in [1.54, 1.807) is 10.5 Å². The van der Waals surface area contributed by atoms with E-state index >= 15 is 0 Å². The molecule has 1 heterocycles. The normalized spacial score (nSPS) is 18.3. The van der Waals surface area contributed by atoms with E-state index in [0.717, 1.165) is 6.04 Å². The Bertz CT molecular complexity index is 337. The van der Waals surface area contributed by atoms with Crippen LogP contribution < -0.4 is 15.5 Å². The minimum Gasteiger partial charge on any atom is -0.339 e. The summed E-state index contributed by atoms with van der Waals surface area (Å²) >= 11 is 0. The Morgan fingerprint density at radius 2 is 1.86 bits per heavy atom. The minimum absolute atomic E-state index is 0.762. The fraction of sp³-hybridized carbons (Fsp3) is 0.789.